The molecule has 1 heterocycles. The van der Waals surface area contributed by atoms with Gasteiger partial charge in [0.2, 0.25) is 6.34 Å². The van der Waals surface area contributed by atoms with Crippen LogP contribution in [0.3, 0.4) is 0 Å². The second-order valence-corrected chi connectivity index (χ2v) is 2.58. The van der Waals surface area contributed by atoms with Crippen molar-refractivity contribution in [2.75, 3.05) is 13.1 Å². The van der Waals surface area contributed by atoms with Crippen LogP contribution in [0.2, 0.25) is 0 Å². The topological polar surface area (TPSA) is 15.0 Å². The molecule has 0 aromatic rings. The maximum Gasteiger partial charge on any atom is 0.232 e. The lowest BCUT2D eigenvalue weighted by atomic mass is 10.2. The van der Waals surface area contributed by atoms with Gasteiger partial charge in [-0.1, -0.05) is 6.92 Å². The SMILES string of the molecule is CCC(C)[N+]1=CNCC1. The number of hydrogen-bond donors (Lipinski definition) is 1. The van der Waals surface area contributed by atoms with Gasteiger partial charge in [0.1, 0.15) is 13.1 Å². The first kappa shape index (κ1) is 6.59. The molecule has 0 saturated heterocycles. The summed E-state index contributed by atoms with van der Waals surface area (Å²) in [5, 5.41) is 3.19. The van der Waals surface area contributed by atoms with Crippen molar-refractivity contribution in [2.24, 2.45) is 0 Å². The van der Waals surface area contributed by atoms with Crippen molar-refractivity contribution >= 4 is 6.34 Å². The van der Waals surface area contributed by atoms with E-state index in [0.717, 1.165) is 6.54 Å². The lowest BCUT2D eigenvalue weighted by molar-refractivity contribution is -0.549. The Morgan fingerprint density at radius 2 is 2.56 bits per heavy atom. The van der Waals surface area contributed by atoms with Gasteiger partial charge in [0, 0.05) is 0 Å². The van der Waals surface area contributed by atoms with E-state index in [1.165, 1.54) is 13.0 Å². The molecular formula is C7H15N2+. The van der Waals surface area contributed by atoms with Gasteiger partial charge in [-0.25, -0.2) is 0 Å². The molecule has 0 aromatic carbocycles. The Hall–Kier alpha value is -0.530. The van der Waals surface area contributed by atoms with Crippen LogP contribution >= 0.6 is 0 Å². The normalized spacial score (nSPS) is 20.9. The molecule has 0 spiro atoms. The molecule has 1 aliphatic heterocycles. The molecule has 52 valence electrons. The summed E-state index contributed by atoms with van der Waals surface area (Å²) < 4.78 is 2.35. The van der Waals surface area contributed by atoms with E-state index in [2.05, 4.69) is 30.1 Å². The van der Waals surface area contributed by atoms with Gasteiger partial charge in [0.25, 0.3) is 0 Å². The molecular weight excluding hydrogens is 112 g/mol. The first-order chi connectivity index (χ1) is 4.34. The van der Waals surface area contributed by atoms with E-state index < -0.39 is 0 Å². The van der Waals surface area contributed by atoms with E-state index in [1.807, 2.05) is 0 Å². The fourth-order valence-corrected chi connectivity index (χ4v) is 1.02. The second kappa shape index (κ2) is 2.85. The van der Waals surface area contributed by atoms with Crippen LogP contribution in [0, 0.1) is 0 Å². The molecule has 1 unspecified atom stereocenters. The van der Waals surface area contributed by atoms with Crippen molar-refractivity contribution in [3.63, 3.8) is 0 Å². The highest BCUT2D eigenvalue weighted by Crippen LogP contribution is 1.95. The monoisotopic (exact) mass is 127 g/mol. The number of hydrogen-bond acceptors (Lipinski definition) is 1. The Morgan fingerprint density at radius 3 is 3.00 bits per heavy atom. The quantitative estimate of drug-likeness (QED) is 0.532. The summed E-state index contributed by atoms with van der Waals surface area (Å²) in [4.78, 5) is 0. The van der Waals surface area contributed by atoms with Crippen molar-refractivity contribution < 1.29 is 4.58 Å². The van der Waals surface area contributed by atoms with Crippen LogP contribution in [0.25, 0.3) is 0 Å². The largest absolute Gasteiger partial charge is 0.277 e. The molecule has 2 heteroatoms. The molecule has 0 fully saturated rings. The first-order valence-corrected chi connectivity index (χ1v) is 3.67. The minimum Gasteiger partial charge on any atom is -0.277 e. The Morgan fingerprint density at radius 1 is 1.78 bits per heavy atom. The summed E-state index contributed by atoms with van der Waals surface area (Å²) in [5.74, 6) is 0. The van der Waals surface area contributed by atoms with Crippen LogP contribution in [-0.4, -0.2) is 30.0 Å². The minimum absolute atomic E-state index is 0.708. The van der Waals surface area contributed by atoms with Gasteiger partial charge in [0.05, 0.1) is 6.04 Å². The van der Waals surface area contributed by atoms with Gasteiger partial charge in [0.15, 0.2) is 0 Å². The van der Waals surface area contributed by atoms with Gasteiger partial charge in [-0.3, -0.25) is 9.89 Å². The van der Waals surface area contributed by atoms with E-state index >= 15 is 0 Å². The van der Waals surface area contributed by atoms with Gasteiger partial charge >= 0.3 is 0 Å². The van der Waals surface area contributed by atoms with Crippen molar-refractivity contribution in [3.05, 3.63) is 0 Å². The second-order valence-electron chi connectivity index (χ2n) is 2.58. The first-order valence-electron chi connectivity index (χ1n) is 3.67. The molecule has 1 aliphatic rings. The average molecular weight is 127 g/mol. The molecule has 2 nitrogen and oxygen atoms in total. The molecule has 0 saturated carbocycles. The number of nitrogens with one attached hydrogen (secondary N) is 1. The zero-order valence-corrected chi connectivity index (χ0v) is 6.22. The predicted octanol–water partition coefficient (Wildman–Crippen LogP) is 0.429. The lowest BCUT2D eigenvalue weighted by Gasteiger charge is -2.06. The third-order valence-corrected chi connectivity index (χ3v) is 1.93. The highest BCUT2D eigenvalue weighted by molar-refractivity contribution is 5.49. The van der Waals surface area contributed by atoms with Gasteiger partial charge in [-0.15, -0.1) is 0 Å². The standard InChI is InChI=1S/C7H14N2/c1-3-7(2)9-5-4-8-6-9/h6-7H,3-5H2,1-2H3/p+1. The number of nitrogens with zero attached hydrogens (tertiary/aromatic N) is 1. The smallest absolute Gasteiger partial charge is 0.232 e. The Labute approximate surface area is 56.6 Å². The van der Waals surface area contributed by atoms with Gasteiger partial charge < -0.3 is 0 Å². The summed E-state index contributed by atoms with van der Waals surface area (Å²) in [6.07, 6.45) is 3.33. The number of rotatable bonds is 2. The van der Waals surface area contributed by atoms with Crippen LogP contribution in [0.4, 0.5) is 0 Å². The van der Waals surface area contributed by atoms with E-state index in [9.17, 15) is 0 Å². The fraction of sp³-hybridized carbons (Fsp3) is 0.857. The van der Waals surface area contributed by atoms with Gasteiger partial charge in [-0.05, 0) is 13.3 Å². The van der Waals surface area contributed by atoms with Crippen LogP contribution in [0.5, 0.6) is 0 Å². The minimum atomic E-state index is 0.708. The third-order valence-electron chi connectivity index (χ3n) is 1.93. The van der Waals surface area contributed by atoms with E-state index in [1.54, 1.807) is 0 Å². The molecule has 1 rings (SSSR count). The highest BCUT2D eigenvalue weighted by atomic mass is 15.2. The van der Waals surface area contributed by atoms with Crippen molar-refractivity contribution in [3.8, 4) is 0 Å². The molecule has 1 atom stereocenters. The van der Waals surface area contributed by atoms with Crippen LogP contribution in [0.1, 0.15) is 20.3 Å². The molecule has 0 radical (unpaired) electrons. The van der Waals surface area contributed by atoms with E-state index in [0.29, 0.717) is 6.04 Å². The zero-order chi connectivity index (χ0) is 6.69. The van der Waals surface area contributed by atoms with Gasteiger partial charge in [-0.2, -0.15) is 0 Å². The highest BCUT2D eigenvalue weighted by Gasteiger charge is 2.13. The Kier molecular flexibility index (Phi) is 2.09. The Balaban J connectivity index is 2.40. The Bertz CT molecular complexity index is 118. The summed E-state index contributed by atoms with van der Waals surface area (Å²) in [5.41, 5.74) is 0. The predicted molar refractivity (Wildman–Crippen MR) is 38.9 cm³/mol. The summed E-state index contributed by atoms with van der Waals surface area (Å²) in [6, 6.07) is 0.708. The van der Waals surface area contributed by atoms with Crippen molar-refractivity contribution in [2.45, 2.75) is 26.3 Å². The van der Waals surface area contributed by atoms with Crippen LogP contribution < -0.4 is 5.32 Å². The maximum absolute atomic E-state index is 3.19. The zero-order valence-electron chi connectivity index (χ0n) is 6.22. The fourth-order valence-electron chi connectivity index (χ4n) is 1.02. The molecule has 0 bridgehead atoms. The van der Waals surface area contributed by atoms with Crippen LogP contribution in [0.15, 0.2) is 0 Å². The molecule has 0 aromatic heterocycles. The summed E-state index contributed by atoms with van der Waals surface area (Å²) in [6.45, 7) is 6.76. The molecule has 0 aliphatic carbocycles. The van der Waals surface area contributed by atoms with Crippen molar-refractivity contribution in [1.29, 1.82) is 0 Å². The van der Waals surface area contributed by atoms with Crippen LogP contribution in [-0.2, 0) is 0 Å². The maximum atomic E-state index is 3.19. The lowest BCUT2D eigenvalue weighted by Crippen LogP contribution is -2.21. The van der Waals surface area contributed by atoms with E-state index in [4.69, 9.17) is 0 Å². The molecule has 1 N–H and O–H groups in total. The van der Waals surface area contributed by atoms with Crippen molar-refractivity contribution in [1.82, 2.24) is 5.32 Å². The molecule has 9 heavy (non-hydrogen) atoms. The summed E-state index contributed by atoms with van der Waals surface area (Å²) >= 11 is 0. The summed E-state index contributed by atoms with van der Waals surface area (Å²) in [7, 11) is 0. The van der Waals surface area contributed by atoms with E-state index in [-0.39, 0.29) is 0 Å². The average Bonchev–Trinajstić information content (AvgIpc) is 2.37. The molecule has 0 amide bonds. The third kappa shape index (κ3) is 1.44.